The number of rotatable bonds is 0. The molecule has 2 rings (SSSR count). The first-order valence-electron chi connectivity index (χ1n) is 3.14. The Morgan fingerprint density at radius 3 is 2.91 bits per heavy atom. The highest BCUT2D eigenvalue weighted by Gasteiger charge is 2.02. The molecule has 0 saturated carbocycles. The van der Waals surface area contributed by atoms with E-state index in [1.54, 1.807) is 12.1 Å². The minimum atomic E-state index is 0.305. The van der Waals surface area contributed by atoms with E-state index < -0.39 is 0 Å². The van der Waals surface area contributed by atoms with E-state index in [2.05, 4.69) is 0 Å². The number of fused-ring (bicyclic) bond motifs is 1. The Morgan fingerprint density at radius 1 is 1.36 bits per heavy atom. The average molecular weight is 185 g/mol. The molecule has 0 bridgehead atoms. The van der Waals surface area contributed by atoms with Crippen LogP contribution in [0.2, 0.25) is 4.34 Å². The van der Waals surface area contributed by atoms with Gasteiger partial charge in [-0.15, -0.1) is 11.3 Å². The summed E-state index contributed by atoms with van der Waals surface area (Å²) in [6.45, 7) is 0. The summed E-state index contributed by atoms with van der Waals surface area (Å²) in [6.07, 6.45) is 0. The van der Waals surface area contributed by atoms with Gasteiger partial charge in [-0.3, -0.25) is 0 Å². The molecule has 0 amide bonds. The molecule has 0 saturated heterocycles. The summed E-state index contributed by atoms with van der Waals surface area (Å²) < 4.78 is 1.57. The van der Waals surface area contributed by atoms with E-state index in [-0.39, 0.29) is 0 Å². The van der Waals surface area contributed by atoms with Crippen LogP contribution in [0.4, 0.5) is 0 Å². The van der Waals surface area contributed by atoms with Crippen LogP contribution in [0, 0.1) is 0 Å². The summed E-state index contributed by atoms with van der Waals surface area (Å²) in [4.78, 5) is 0. The van der Waals surface area contributed by atoms with Gasteiger partial charge in [-0.25, -0.2) is 0 Å². The van der Waals surface area contributed by atoms with Crippen LogP contribution >= 0.6 is 22.9 Å². The molecule has 1 heterocycles. The first-order valence-corrected chi connectivity index (χ1v) is 4.34. The molecule has 0 aliphatic rings. The third-order valence-electron chi connectivity index (χ3n) is 1.49. The first-order chi connectivity index (χ1) is 5.27. The van der Waals surface area contributed by atoms with E-state index in [4.69, 9.17) is 11.6 Å². The maximum Gasteiger partial charge on any atom is 0.133 e. The predicted molar refractivity (Wildman–Crippen MR) is 48.5 cm³/mol. The zero-order chi connectivity index (χ0) is 7.84. The monoisotopic (exact) mass is 184 g/mol. The van der Waals surface area contributed by atoms with Crippen LogP contribution in [0.5, 0.6) is 5.75 Å². The van der Waals surface area contributed by atoms with Crippen LogP contribution in [0.1, 0.15) is 0 Å². The van der Waals surface area contributed by atoms with Gasteiger partial charge in [0, 0.05) is 0 Å². The Hall–Kier alpha value is -0.730. The van der Waals surface area contributed by atoms with Crippen molar-refractivity contribution in [3.63, 3.8) is 0 Å². The Kier molecular flexibility index (Phi) is 1.51. The smallest absolute Gasteiger partial charge is 0.133 e. The maximum atomic E-state index is 9.34. The number of phenolic OH excluding ortho intramolecular Hbond substituents is 1. The predicted octanol–water partition coefficient (Wildman–Crippen LogP) is 3.26. The summed E-state index contributed by atoms with van der Waals surface area (Å²) in [5.74, 6) is 0.305. The van der Waals surface area contributed by atoms with Crippen LogP contribution in [0.3, 0.4) is 0 Å². The van der Waals surface area contributed by atoms with Gasteiger partial charge in [0.05, 0.1) is 9.04 Å². The highest BCUT2D eigenvalue weighted by atomic mass is 35.5. The molecule has 1 aromatic heterocycles. The molecular weight excluding hydrogens is 180 g/mol. The van der Waals surface area contributed by atoms with Gasteiger partial charge in [-0.1, -0.05) is 23.7 Å². The highest BCUT2D eigenvalue weighted by molar-refractivity contribution is 7.23. The van der Waals surface area contributed by atoms with E-state index in [0.29, 0.717) is 10.1 Å². The quantitative estimate of drug-likeness (QED) is 0.667. The topological polar surface area (TPSA) is 20.2 Å². The Balaban J connectivity index is 2.90. The fourth-order valence-electron chi connectivity index (χ4n) is 1.02. The van der Waals surface area contributed by atoms with Crippen molar-refractivity contribution in [2.75, 3.05) is 0 Å². The molecule has 0 aliphatic carbocycles. The van der Waals surface area contributed by atoms with Crippen molar-refractivity contribution in [1.29, 1.82) is 0 Å². The number of thiophene rings is 1. The minimum absolute atomic E-state index is 0.305. The third-order valence-corrected chi connectivity index (χ3v) is 2.80. The van der Waals surface area contributed by atoms with Crippen LogP contribution < -0.4 is 0 Å². The fraction of sp³-hybridized carbons (Fsp3) is 0. The van der Waals surface area contributed by atoms with Gasteiger partial charge >= 0.3 is 0 Å². The van der Waals surface area contributed by atoms with Crippen molar-refractivity contribution >= 4 is 33.0 Å². The zero-order valence-electron chi connectivity index (χ0n) is 5.54. The van der Waals surface area contributed by atoms with E-state index in [0.717, 1.165) is 10.1 Å². The number of hydrogen-bond donors (Lipinski definition) is 1. The number of halogens is 1. The van der Waals surface area contributed by atoms with Crippen molar-refractivity contribution in [1.82, 2.24) is 0 Å². The van der Waals surface area contributed by atoms with Gasteiger partial charge in [-0.2, -0.15) is 0 Å². The van der Waals surface area contributed by atoms with Crippen molar-refractivity contribution < 1.29 is 5.11 Å². The lowest BCUT2D eigenvalue weighted by Crippen LogP contribution is -1.62. The molecule has 0 atom stereocenters. The normalized spacial score (nSPS) is 10.6. The summed E-state index contributed by atoms with van der Waals surface area (Å²) >= 11 is 7.16. The lowest BCUT2D eigenvalue weighted by molar-refractivity contribution is 0.482. The summed E-state index contributed by atoms with van der Waals surface area (Å²) in [7, 11) is 0. The second-order valence-corrected chi connectivity index (χ2v) is 3.93. The fourth-order valence-corrected chi connectivity index (χ4v) is 2.16. The lowest BCUT2D eigenvalue weighted by atomic mass is 10.2. The maximum absolute atomic E-state index is 9.34. The second-order valence-electron chi connectivity index (χ2n) is 2.25. The number of aromatic hydroxyl groups is 1. The van der Waals surface area contributed by atoms with E-state index >= 15 is 0 Å². The van der Waals surface area contributed by atoms with Crippen LogP contribution in [0.15, 0.2) is 24.3 Å². The molecule has 0 fully saturated rings. The van der Waals surface area contributed by atoms with E-state index in [9.17, 15) is 5.11 Å². The molecule has 3 heteroatoms. The van der Waals surface area contributed by atoms with Crippen molar-refractivity contribution in [3.05, 3.63) is 28.6 Å². The molecule has 56 valence electrons. The average Bonchev–Trinajstić information content (AvgIpc) is 2.31. The third kappa shape index (κ3) is 1.08. The van der Waals surface area contributed by atoms with Gasteiger partial charge in [0.15, 0.2) is 0 Å². The summed E-state index contributed by atoms with van der Waals surface area (Å²) in [5, 5.41) is 10.3. The Labute approximate surface area is 72.9 Å². The van der Waals surface area contributed by atoms with Crippen molar-refractivity contribution in [2.45, 2.75) is 0 Å². The summed E-state index contributed by atoms with van der Waals surface area (Å²) in [5.41, 5.74) is 0. The van der Waals surface area contributed by atoms with Crippen LogP contribution in [-0.2, 0) is 0 Å². The standard InChI is InChI=1S/C8H5ClOS/c9-7-4-5-2-1-3-6(10)8(5)11-7/h1-4,10H. The number of benzene rings is 1. The SMILES string of the molecule is Oc1cccc2cc(Cl)sc12. The Morgan fingerprint density at radius 2 is 2.18 bits per heavy atom. The molecule has 2 aromatic rings. The largest absolute Gasteiger partial charge is 0.506 e. The second kappa shape index (κ2) is 2.40. The van der Waals surface area contributed by atoms with E-state index in [1.165, 1.54) is 11.3 Å². The van der Waals surface area contributed by atoms with Gasteiger partial charge in [0.1, 0.15) is 5.75 Å². The van der Waals surface area contributed by atoms with E-state index in [1.807, 2.05) is 12.1 Å². The lowest BCUT2D eigenvalue weighted by Gasteiger charge is -1.90. The molecule has 11 heavy (non-hydrogen) atoms. The van der Waals surface area contributed by atoms with Crippen molar-refractivity contribution in [2.24, 2.45) is 0 Å². The minimum Gasteiger partial charge on any atom is -0.506 e. The molecule has 0 aliphatic heterocycles. The summed E-state index contributed by atoms with van der Waals surface area (Å²) in [6, 6.07) is 7.24. The van der Waals surface area contributed by atoms with Gasteiger partial charge in [0.25, 0.3) is 0 Å². The first kappa shape index (κ1) is 6.95. The molecule has 1 N–H and O–H groups in total. The van der Waals surface area contributed by atoms with Gasteiger partial charge in [-0.05, 0) is 17.5 Å². The number of hydrogen-bond acceptors (Lipinski definition) is 2. The van der Waals surface area contributed by atoms with Crippen molar-refractivity contribution in [3.8, 4) is 5.75 Å². The molecule has 1 aromatic carbocycles. The van der Waals surface area contributed by atoms with Gasteiger partial charge in [0.2, 0.25) is 0 Å². The Bertz CT molecular complexity index is 394. The molecular formula is C8H5ClOS. The van der Waals surface area contributed by atoms with Gasteiger partial charge < -0.3 is 5.11 Å². The van der Waals surface area contributed by atoms with Crippen LogP contribution in [-0.4, -0.2) is 5.11 Å². The highest BCUT2D eigenvalue weighted by Crippen LogP contribution is 2.34. The van der Waals surface area contributed by atoms with Crippen LogP contribution in [0.25, 0.3) is 10.1 Å². The molecule has 0 radical (unpaired) electrons. The number of phenols is 1. The zero-order valence-corrected chi connectivity index (χ0v) is 7.12. The molecule has 0 unspecified atom stereocenters. The molecule has 0 spiro atoms. The molecule has 1 nitrogen and oxygen atoms in total.